The highest BCUT2D eigenvalue weighted by Gasteiger charge is 2.31. The van der Waals surface area contributed by atoms with Gasteiger partial charge in [0.15, 0.2) is 0 Å². The van der Waals surface area contributed by atoms with Crippen molar-refractivity contribution in [2.24, 2.45) is 0 Å². The van der Waals surface area contributed by atoms with Gasteiger partial charge in [-0.25, -0.2) is 0 Å². The molecular weight excluding hydrogens is 290 g/mol. The number of hydrogen-bond acceptors (Lipinski definition) is 3. The van der Waals surface area contributed by atoms with Crippen LogP contribution in [0, 0.1) is 0 Å². The summed E-state index contributed by atoms with van der Waals surface area (Å²) < 4.78 is 0. The van der Waals surface area contributed by atoms with Crippen molar-refractivity contribution in [1.29, 1.82) is 0 Å². The third-order valence-corrected chi connectivity index (χ3v) is 4.45. The fourth-order valence-electron chi connectivity index (χ4n) is 3.07. The number of nitrogens with one attached hydrogen (secondary N) is 1. The Morgan fingerprint density at radius 2 is 1.91 bits per heavy atom. The second kappa shape index (κ2) is 7.42. The van der Waals surface area contributed by atoms with Crippen molar-refractivity contribution in [2.45, 2.75) is 18.9 Å². The summed E-state index contributed by atoms with van der Waals surface area (Å²) in [4.78, 5) is 27.8. The van der Waals surface area contributed by atoms with Crippen LogP contribution in [0.15, 0.2) is 36.4 Å². The van der Waals surface area contributed by atoms with E-state index < -0.39 is 0 Å². The molecule has 2 aliphatic heterocycles. The summed E-state index contributed by atoms with van der Waals surface area (Å²) in [5, 5.41) is 2.76. The molecule has 2 saturated heterocycles. The smallest absolute Gasteiger partial charge is 0.245 e. The first-order valence-corrected chi connectivity index (χ1v) is 8.24. The van der Waals surface area contributed by atoms with Crippen molar-refractivity contribution in [1.82, 2.24) is 15.1 Å². The average Bonchev–Trinajstić information content (AvgIpc) is 3.02. The minimum absolute atomic E-state index is 0.00645. The molecule has 1 N–H and O–H groups in total. The van der Waals surface area contributed by atoms with Gasteiger partial charge in [0.05, 0.1) is 0 Å². The second-order valence-corrected chi connectivity index (χ2v) is 6.10. The lowest BCUT2D eigenvalue weighted by atomic mass is 10.2. The van der Waals surface area contributed by atoms with Crippen molar-refractivity contribution in [2.75, 3.05) is 32.7 Å². The molecule has 23 heavy (non-hydrogen) atoms. The molecule has 0 bridgehead atoms. The van der Waals surface area contributed by atoms with E-state index in [9.17, 15) is 9.59 Å². The fourth-order valence-corrected chi connectivity index (χ4v) is 3.07. The molecule has 0 aromatic heterocycles. The molecule has 122 valence electrons. The van der Waals surface area contributed by atoms with Crippen LogP contribution in [0.1, 0.15) is 18.4 Å². The van der Waals surface area contributed by atoms with Crippen LogP contribution in [-0.4, -0.2) is 60.4 Å². The summed E-state index contributed by atoms with van der Waals surface area (Å²) in [6.07, 6.45) is 5.41. The van der Waals surface area contributed by atoms with Crippen LogP contribution in [-0.2, 0) is 9.59 Å². The van der Waals surface area contributed by atoms with Crippen LogP contribution in [0.4, 0.5) is 0 Å². The molecule has 1 aromatic carbocycles. The van der Waals surface area contributed by atoms with Gasteiger partial charge < -0.3 is 10.2 Å². The van der Waals surface area contributed by atoms with E-state index in [0.717, 1.165) is 32.7 Å². The average molecular weight is 313 g/mol. The van der Waals surface area contributed by atoms with Crippen LogP contribution in [0.5, 0.6) is 0 Å². The molecule has 1 aromatic rings. The highest BCUT2D eigenvalue weighted by atomic mass is 16.2. The number of carbonyl (C=O) groups excluding carboxylic acids is 2. The number of nitrogens with zero attached hydrogens (tertiary/aromatic N) is 2. The first-order valence-electron chi connectivity index (χ1n) is 8.24. The summed E-state index contributed by atoms with van der Waals surface area (Å²) in [7, 11) is 0. The van der Waals surface area contributed by atoms with Gasteiger partial charge in [0, 0.05) is 39.1 Å². The Bertz CT molecular complexity index is 577. The van der Waals surface area contributed by atoms with E-state index >= 15 is 0 Å². The van der Waals surface area contributed by atoms with Gasteiger partial charge in [0.2, 0.25) is 11.8 Å². The molecule has 3 rings (SSSR count). The van der Waals surface area contributed by atoms with Crippen LogP contribution < -0.4 is 5.32 Å². The summed E-state index contributed by atoms with van der Waals surface area (Å²) in [6.45, 7) is 4.14. The monoisotopic (exact) mass is 313 g/mol. The predicted octanol–water partition coefficient (Wildman–Crippen LogP) is 1.12. The molecule has 0 aliphatic carbocycles. The molecule has 2 amide bonds. The summed E-state index contributed by atoms with van der Waals surface area (Å²) in [5.74, 6) is 0.0726. The molecular formula is C18H23N3O2. The molecule has 2 fully saturated rings. The van der Waals surface area contributed by atoms with Crippen molar-refractivity contribution in [3.05, 3.63) is 42.0 Å². The normalized spacial score (nSPS) is 22.5. The molecule has 2 heterocycles. The van der Waals surface area contributed by atoms with E-state index in [2.05, 4.69) is 34.5 Å². The third kappa shape index (κ3) is 4.20. The topological polar surface area (TPSA) is 52.7 Å². The van der Waals surface area contributed by atoms with Crippen LogP contribution in [0.3, 0.4) is 0 Å². The van der Waals surface area contributed by atoms with Crippen LogP contribution in [0.2, 0.25) is 0 Å². The number of amides is 2. The summed E-state index contributed by atoms with van der Waals surface area (Å²) in [6, 6.07) is 9.95. The fraction of sp³-hybridized carbons (Fsp3) is 0.444. The van der Waals surface area contributed by atoms with E-state index in [-0.39, 0.29) is 17.9 Å². The van der Waals surface area contributed by atoms with Crippen LogP contribution in [0.25, 0.3) is 6.08 Å². The van der Waals surface area contributed by atoms with E-state index in [0.29, 0.717) is 12.8 Å². The minimum Gasteiger partial charge on any atom is -0.344 e. The Balaban J connectivity index is 1.42. The van der Waals surface area contributed by atoms with E-state index in [4.69, 9.17) is 0 Å². The van der Waals surface area contributed by atoms with E-state index in [1.54, 1.807) is 0 Å². The molecule has 2 aliphatic rings. The molecule has 0 spiro atoms. The number of carbonyl (C=O) groups is 2. The molecule has 0 saturated carbocycles. The maximum atomic E-state index is 12.3. The quantitative estimate of drug-likeness (QED) is 0.906. The first kappa shape index (κ1) is 15.7. The standard InChI is InChI=1S/C18H23N3O2/c22-17-9-8-16(19-17)18(23)21-13-11-20(12-14-21)10-4-7-15-5-2-1-3-6-15/h1-7,16H,8-14H2,(H,19,22). The van der Waals surface area contributed by atoms with Gasteiger partial charge in [-0.1, -0.05) is 42.5 Å². The second-order valence-electron chi connectivity index (χ2n) is 6.10. The maximum Gasteiger partial charge on any atom is 0.245 e. The van der Waals surface area contributed by atoms with Crippen LogP contribution >= 0.6 is 0 Å². The van der Waals surface area contributed by atoms with Gasteiger partial charge in [-0.15, -0.1) is 0 Å². The molecule has 5 nitrogen and oxygen atoms in total. The SMILES string of the molecule is O=C1CCC(C(=O)N2CCN(CC=Cc3ccccc3)CC2)N1. The summed E-state index contributed by atoms with van der Waals surface area (Å²) in [5.41, 5.74) is 1.21. The molecule has 0 radical (unpaired) electrons. The number of hydrogen-bond donors (Lipinski definition) is 1. The van der Waals surface area contributed by atoms with Gasteiger partial charge >= 0.3 is 0 Å². The largest absolute Gasteiger partial charge is 0.344 e. The third-order valence-electron chi connectivity index (χ3n) is 4.45. The maximum absolute atomic E-state index is 12.3. The molecule has 1 atom stereocenters. The van der Waals surface area contributed by atoms with Gasteiger partial charge in [-0.2, -0.15) is 0 Å². The minimum atomic E-state index is -0.299. The van der Waals surface area contributed by atoms with Crippen molar-refractivity contribution in [3.8, 4) is 0 Å². The number of rotatable bonds is 4. The van der Waals surface area contributed by atoms with Gasteiger partial charge in [-0.3, -0.25) is 14.5 Å². The Labute approximate surface area is 137 Å². The van der Waals surface area contributed by atoms with Crippen molar-refractivity contribution < 1.29 is 9.59 Å². The zero-order chi connectivity index (χ0) is 16.1. The predicted molar refractivity (Wildman–Crippen MR) is 89.7 cm³/mol. The lowest BCUT2D eigenvalue weighted by Crippen LogP contribution is -2.53. The molecule has 5 heteroatoms. The number of piperazine rings is 1. The lowest BCUT2D eigenvalue weighted by molar-refractivity contribution is -0.135. The van der Waals surface area contributed by atoms with Crippen molar-refractivity contribution >= 4 is 17.9 Å². The van der Waals surface area contributed by atoms with Gasteiger partial charge in [0.25, 0.3) is 0 Å². The Kier molecular flexibility index (Phi) is 5.08. The highest BCUT2D eigenvalue weighted by molar-refractivity contribution is 5.90. The van der Waals surface area contributed by atoms with Crippen molar-refractivity contribution in [3.63, 3.8) is 0 Å². The van der Waals surface area contributed by atoms with E-state index in [1.807, 2.05) is 23.1 Å². The van der Waals surface area contributed by atoms with E-state index in [1.165, 1.54) is 5.56 Å². The first-order chi connectivity index (χ1) is 11.2. The molecule has 1 unspecified atom stereocenters. The Morgan fingerprint density at radius 3 is 2.57 bits per heavy atom. The zero-order valence-electron chi connectivity index (χ0n) is 13.3. The summed E-state index contributed by atoms with van der Waals surface area (Å²) >= 11 is 0. The zero-order valence-corrected chi connectivity index (χ0v) is 13.3. The van der Waals surface area contributed by atoms with Gasteiger partial charge in [-0.05, 0) is 12.0 Å². The Morgan fingerprint density at radius 1 is 1.17 bits per heavy atom. The number of benzene rings is 1. The highest BCUT2D eigenvalue weighted by Crippen LogP contribution is 2.12. The Hall–Kier alpha value is -2.14. The lowest BCUT2D eigenvalue weighted by Gasteiger charge is -2.35. The van der Waals surface area contributed by atoms with Gasteiger partial charge in [0.1, 0.15) is 6.04 Å².